The van der Waals surface area contributed by atoms with Crippen LogP contribution in [-0.4, -0.2) is 20.7 Å². The molecule has 1 aromatic rings. The number of nitrogens with one attached hydrogen (secondary N) is 1. The van der Waals surface area contributed by atoms with E-state index in [0.717, 1.165) is 18.7 Å². The van der Waals surface area contributed by atoms with Crippen molar-refractivity contribution in [3.05, 3.63) is 29.3 Å². The Labute approximate surface area is 112 Å². The van der Waals surface area contributed by atoms with Crippen LogP contribution in [0, 0.1) is 0 Å². The van der Waals surface area contributed by atoms with Gasteiger partial charge in [-0.3, -0.25) is 0 Å². The summed E-state index contributed by atoms with van der Waals surface area (Å²) in [7, 11) is 3.77. The van der Waals surface area contributed by atoms with E-state index in [1.807, 2.05) is 7.05 Å². The molecule has 1 unspecified atom stereocenters. The normalized spacial score (nSPS) is 14.6. The summed E-state index contributed by atoms with van der Waals surface area (Å²) in [5.74, 6) is 1.55. The number of hydrogen-bond acceptors (Lipinski definition) is 2. The molecule has 0 heterocycles. The highest BCUT2D eigenvalue weighted by Gasteiger charge is 2.27. The first-order valence-corrected chi connectivity index (χ1v) is 6.81. The van der Waals surface area contributed by atoms with E-state index in [9.17, 15) is 0 Å². The average Bonchev–Trinajstić information content (AvgIpc) is 2.38. The second kappa shape index (κ2) is 6.24. The average molecular weight is 249 g/mol. The zero-order valence-electron chi connectivity index (χ0n) is 12.6. The molecule has 0 bridgehead atoms. The van der Waals surface area contributed by atoms with Gasteiger partial charge < -0.3 is 10.1 Å². The zero-order valence-corrected chi connectivity index (χ0v) is 12.6. The third-order valence-corrected chi connectivity index (χ3v) is 3.89. The Morgan fingerprint density at radius 2 is 2.00 bits per heavy atom. The van der Waals surface area contributed by atoms with E-state index in [0.29, 0.717) is 5.92 Å². The van der Waals surface area contributed by atoms with Gasteiger partial charge >= 0.3 is 0 Å². The van der Waals surface area contributed by atoms with Gasteiger partial charge in [0.15, 0.2) is 0 Å². The van der Waals surface area contributed by atoms with Gasteiger partial charge in [-0.2, -0.15) is 0 Å². The lowest BCUT2D eigenvalue weighted by molar-refractivity contribution is 0.372. The molecule has 0 saturated heterocycles. The predicted molar refractivity (Wildman–Crippen MR) is 78.7 cm³/mol. The van der Waals surface area contributed by atoms with Crippen LogP contribution in [0.5, 0.6) is 5.75 Å². The van der Waals surface area contributed by atoms with Crippen molar-refractivity contribution in [3.8, 4) is 5.75 Å². The Hall–Kier alpha value is -1.02. The van der Waals surface area contributed by atoms with Gasteiger partial charge in [0, 0.05) is 17.5 Å². The second-order valence-electron chi connectivity index (χ2n) is 5.56. The first kappa shape index (κ1) is 15.0. The van der Waals surface area contributed by atoms with E-state index in [-0.39, 0.29) is 5.41 Å². The van der Waals surface area contributed by atoms with E-state index < -0.39 is 0 Å². The van der Waals surface area contributed by atoms with Crippen LogP contribution in [-0.2, 0) is 5.41 Å². The third kappa shape index (κ3) is 3.05. The Morgan fingerprint density at radius 3 is 2.44 bits per heavy atom. The molecule has 1 rings (SSSR count). The van der Waals surface area contributed by atoms with Crippen molar-refractivity contribution >= 4 is 0 Å². The van der Waals surface area contributed by atoms with Crippen molar-refractivity contribution < 1.29 is 4.74 Å². The van der Waals surface area contributed by atoms with Crippen LogP contribution in [0.25, 0.3) is 0 Å². The molecule has 102 valence electrons. The Kier molecular flexibility index (Phi) is 5.21. The molecule has 2 heteroatoms. The Morgan fingerprint density at radius 1 is 1.33 bits per heavy atom. The summed E-state index contributed by atoms with van der Waals surface area (Å²) in [6.07, 6.45) is 1.09. The Bertz CT molecular complexity index is 387. The third-order valence-electron chi connectivity index (χ3n) is 3.89. The maximum atomic E-state index is 5.60. The van der Waals surface area contributed by atoms with Crippen LogP contribution < -0.4 is 10.1 Å². The Balaban J connectivity index is 3.23. The topological polar surface area (TPSA) is 21.3 Å². The summed E-state index contributed by atoms with van der Waals surface area (Å²) in [5.41, 5.74) is 2.75. The summed E-state index contributed by atoms with van der Waals surface area (Å²) in [5, 5.41) is 3.29. The molecule has 0 aliphatic rings. The molecule has 0 aliphatic carbocycles. The lowest BCUT2D eigenvalue weighted by Gasteiger charge is -2.30. The van der Waals surface area contributed by atoms with E-state index >= 15 is 0 Å². The molecule has 1 aromatic carbocycles. The number of benzene rings is 1. The number of methoxy groups -OCH3 is 1. The van der Waals surface area contributed by atoms with E-state index in [2.05, 4.69) is 51.2 Å². The molecular weight excluding hydrogens is 222 g/mol. The zero-order chi connectivity index (χ0) is 13.8. The smallest absolute Gasteiger partial charge is 0.122 e. The summed E-state index contributed by atoms with van der Waals surface area (Å²) < 4.78 is 5.60. The molecule has 0 aliphatic heterocycles. The monoisotopic (exact) mass is 249 g/mol. The molecule has 0 amide bonds. The van der Waals surface area contributed by atoms with Gasteiger partial charge in [-0.15, -0.1) is 0 Å². The maximum absolute atomic E-state index is 5.60. The molecule has 0 spiro atoms. The highest BCUT2D eigenvalue weighted by Crippen LogP contribution is 2.35. The predicted octanol–water partition coefficient (Wildman–Crippen LogP) is 3.71. The van der Waals surface area contributed by atoms with Gasteiger partial charge in [0.1, 0.15) is 5.75 Å². The summed E-state index contributed by atoms with van der Waals surface area (Å²) >= 11 is 0. The highest BCUT2D eigenvalue weighted by atomic mass is 16.5. The maximum Gasteiger partial charge on any atom is 0.122 e. The van der Waals surface area contributed by atoms with Gasteiger partial charge in [0.05, 0.1) is 7.11 Å². The van der Waals surface area contributed by atoms with Crippen molar-refractivity contribution in [1.82, 2.24) is 5.32 Å². The minimum absolute atomic E-state index is 0.121. The lowest BCUT2D eigenvalue weighted by atomic mass is 9.78. The molecule has 0 radical (unpaired) electrons. The van der Waals surface area contributed by atoms with Crippen LogP contribution in [0.4, 0.5) is 0 Å². The number of ether oxygens (including phenoxy) is 1. The fourth-order valence-corrected chi connectivity index (χ4v) is 2.37. The number of rotatable bonds is 6. The van der Waals surface area contributed by atoms with E-state index in [1.165, 1.54) is 11.1 Å². The van der Waals surface area contributed by atoms with Crippen molar-refractivity contribution in [1.29, 1.82) is 0 Å². The van der Waals surface area contributed by atoms with Gasteiger partial charge in [0.2, 0.25) is 0 Å². The molecule has 1 N–H and O–H groups in total. The highest BCUT2D eigenvalue weighted by molar-refractivity contribution is 5.43. The molecule has 2 nitrogen and oxygen atoms in total. The second-order valence-corrected chi connectivity index (χ2v) is 5.56. The number of likely N-dealkylation sites (N-methyl/N-ethyl adjacent to an activating group) is 1. The van der Waals surface area contributed by atoms with Gasteiger partial charge in [-0.05, 0) is 31.0 Å². The molecule has 1 atom stereocenters. The first-order valence-electron chi connectivity index (χ1n) is 6.81. The minimum Gasteiger partial charge on any atom is -0.496 e. The molecule has 0 fully saturated rings. The van der Waals surface area contributed by atoms with Crippen molar-refractivity contribution in [2.24, 2.45) is 0 Å². The first-order chi connectivity index (χ1) is 8.48. The quantitative estimate of drug-likeness (QED) is 0.830. The van der Waals surface area contributed by atoms with Crippen LogP contribution in [0.1, 0.15) is 51.2 Å². The van der Waals surface area contributed by atoms with E-state index in [4.69, 9.17) is 4.74 Å². The van der Waals surface area contributed by atoms with Crippen LogP contribution in [0.15, 0.2) is 18.2 Å². The van der Waals surface area contributed by atoms with Gasteiger partial charge in [0.25, 0.3) is 0 Å². The summed E-state index contributed by atoms with van der Waals surface area (Å²) in [6, 6.07) is 6.64. The number of hydrogen-bond donors (Lipinski definition) is 1. The molecular formula is C16H27NO. The van der Waals surface area contributed by atoms with Crippen LogP contribution in [0.2, 0.25) is 0 Å². The SMILES string of the molecule is CCC(C)(CNC)c1ccc(C(C)C)cc1OC. The molecule has 18 heavy (non-hydrogen) atoms. The fraction of sp³-hybridized carbons (Fsp3) is 0.625. The summed E-state index contributed by atoms with van der Waals surface area (Å²) in [4.78, 5) is 0. The van der Waals surface area contributed by atoms with Crippen LogP contribution >= 0.6 is 0 Å². The van der Waals surface area contributed by atoms with Crippen molar-refractivity contribution in [2.45, 2.75) is 45.4 Å². The largest absolute Gasteiger partial charge is 0.496 e. The van der Waals surface area contributed by atoms with Crippen LogP contribution in [0.3, 0.4) is 0 Å². The van der Waals surface area contributed by atoms with Crippen molar-refractivity contribution in [3.63, 3.8) is 0 Å². The van der Waals surface area contributed by atoms with Gasteiger partial charge in [-0.25, -0.2) is 0 Å². The molecule has 0 aromatic heterocycles. The van der Waals surface area contributed by atoms with Gasteiger partial charge in [-0.1, -0.05) is 39.8 Å². The van der Waals surface area contributed by atoms with Crippen molar-refractivity contribution in [2.75, 3.05) is 20.7 Å². The minimum atomic E-state index is 0.121. The van der Waals surface area contributed by atoms with E-state index in [1.54, 1.807) is 7.11 Å². The fourth-order valence-electron chi connectivity index (χ4n) is 2.37. The summed E-state index contributed by atoms with van der Waals surface area (Å²) in [6.45, 7) is 9.90. The standard InChI is InChI=1S/C16H27NO/c1-7-16(4,11-17-5)14-9-8-13(12(2)3)10-15(14)18-6/h8-10,12,17H,7,11H2,1-6H3. The molecule has 0 saturated carbocycles. The lowest BCUT2D eigenvalue weighted by Crippen LogP contribution is -2.33.